The highest BCUT2D eigenvalue weighted by molar-refractivity contribution is 5.89. The second-order valence-electron chi connectivity index (χ2n) is 4.07. The molecule has 0 saturated carbocycles. The molecule has 0 aliphatic rings. The van der Waals surface area contributed by atoms with Gasteiger partial charge in [-0.3, -0.25) is 10.1 Å². The highest BCUT2D eigenvalue weighted by Crippen LogP contribution is 2.26. The Morgan fingerprint density at radius 3 is 2.76 bits per heavy atom. The number of furan rings is 1. The van der Waals surface area contributed by atoms with Crippen molar-refractivity contribution in [3.63, 3.8) is 0 Å². The minimum absolute atomic E-state index is 0.101. The average Bonchev–Trinajstić information content (AvgIpc) is 2.93. The van der Waals surface area contributed by atoms with Crippen molar-refractivity contribution in [2.24, 2.45) is 0 Å². The molecule has 0 amide bonds. The number of carbonyl (C=O) groups is 1. The number of ether oxygens (including phenoxy) is 1. The number of methoxy groups -OCH3 is 1. The van der Waals surface area contributed by atoms with Crippen LogP contribution in [0, 0.1) is 10.1 Å². The Bertz CT molecular complexity index is 679. The molecule has 1 heterocycles. The molecule has 8 nitrogen and oxygen atoms in total. The van der Waals surface area contributed by atoms with E-state index in [2.05, 4.69) is 5.32 Å². The standard InChI is InChI=1S/C13H12N2O6/c1-20-11-4-2-8(13(16)17)6-10(11)14-7-9-3-5-12(21-9)15(18)19/h2-6,14H,7H2,1H3,(H,16,17). The quantitative estimate of drug-likeness (QED) is 0.620. The lowest BCUT2D eigenvalue weighted by Crippen LogP contribution is -2.03. The zero-order valence-electron chi connectivity index (χ0n) is 11.0. The number of nitrogens with zero attached hydrogens (tertiary/aromatic N) is 1. The number of benzene rings is 1. The van der Waals surface area contributed by atoms with Crippen LogP contribution in [0.25, 0.3) is 0 Å². The lowest BCUT2D eigenvalue weighted by atomic mass is 10.2. The minimum Gasteiger partial charge on any atom is -0.495 e. The van der Waals surface area contributed by atoms with Gasteiger partial charge in [0.2, 0.25) is 0 Å². The van der Waals surface area contributed by atoms with Crippen LogP contribution in [0.2, 0.25) is 0 Å². The molecule has 0 radical (unpaired) electrons. The maximum Gasteiger partial charge on any atom is 0.433 e. The van der Waals surface area contributed by atoms with Gasteiger partial charge in [-0.05, 0) is 24.3 Å². The van der Waals surface area contributed by atoms with Gasteiger partial charge in [0.15, 0.2) is 0 Å². The summed E-state index contributed by atoms with van der Waals surface area (Å²) < 4.78 is 10.1. The van der Waals surface area contributed by atoms with Gasteiger partial charge in [-0.2, -0.15) is 0 Å². The van der Waals surface area contributed by atoms with Gasteiger partial charge in [-0.1, -0.05) is 0 Å². The monoisotopic (exact) mass is 292 g/mol. The molecule has 2 N–H and O–H groups in total. The first-order chi connectivity index (χ1) is 10.0. The maximum atomic E-state index is 10.9. The van der Waals surface area contributed by atoms with E-state index >= 15 is 0 Å². The van der Waals surface area contributed by atoms with Gasteiger partial charge in [0.1, 0.15) is 16.4 Å². The Morgan fingerprint density at radius 2 is 2.19 bits per heavy atom. The summed E-state index contributed by atoms with van der Waals surface area (Å²) in [6.07, 6.45) is 0. The predicted octanol–water partition coefficient (Wildman–Crippen LogP) is 2.51. The van der Waals surface area contributed by atoms with Gasteiger partial charge in [-0.25, -0.2) is 4.79 Å². The summed E-state index contributed by atoms with van der Waals surface area (Å²) in [6.45, 7) is 0.160. The molecule has 0 atom stereocenters. The van der Waals surface area contributed by atoms with Gasteiger partial charge >= 0.3 is 11.9 Å². The first-order valence-electron chi connectivity index (χ1n) is 5.89. The van der Waals surface area contributed by atoms with E-state index in [9.17, 15) is 14.9 Å². The van der Waals surface area contributed by atoms with Crippen LogP contribution in [-0.4, -0.2) is 23.1 Å². The first-order valence-corrected chi connectivity index (χ1v) is 5.89. The number of hydrogen-bond donors (Lipinski definition) is 2. The molecule has 0 unspecified atom stereocenters. The molecule has 1 aromatic heterocycles. The third kappa shape index (κ3) is 3.30. The normalized spacial score (nSPS) is 10.1. The molecule has 2 aromatic rings. The zero-order chi connectivity index (χ0) is 15.4. The van der Waals surface area contributed by atoms with Crippen molar-refractivity contribution in [3.05, 3.63) is 51.8 Å². The van der Waals surface area contributed by atoms with Crippen LogP contribution in [0.3, 0.4) is 0 Å². The lowest BCUT2D eigenvalue weighted by Gasteiger charge is -2.10. The molecule has 110 valence electrons. The van der Waals surface area contributed by atoms with E-state index in [0.29, 0.717) is 17.2 Å². The Kier molecular flexibility index (Phi) is 4.07. The fourth-order valence-electron chi connectivity index (χ4n) is 1.72. The van der Waals surface area contributed by atoms with Gasteiger partial charge < -0.3 is 19.6 Å². The van der Waals surface area contributed by atoms with Crippen LogP contribution in [-0.2, 0) is 6.54 Å². The Labute approximate surface area is 119 Å². The fraction of sp³-hybridized carbons (Fsp3) is 0.154. The summed E-state index contributed by atoms with van der Waals surface area (Å²) in [7, 11) is 1.46. The van der Waals surface area contributed by atoms with E-state index < -0.39 is 10.9 Å². The van der Waals surface area contributed by atoms with Crippen molar-refractivity contribution in [1.29, 1.82) is 0 Å². The van der Waals surface area contributed by atoms with Crippen LogP contribution in [0.1, 0.15) is 16.1 Å². The Morgan fingerprint density at radius 1 is 1.43 bits per heavy atom. The summed E-state index contributed by atoms with van der Waals surface area (Å²) in [5, 5.41) is 22.4. The number of rotatable bonds is 6. The van der Waals surface area contributed by atoms with Gasteiger partial charge in [0.25, 0.3) is 0 Å². The summed E-state index contributed by atoms with van der Waals surface area (Å²) in [6, 6.07) is 7.08. The predicted molar refractivity (Wildman–Crippen MR) is 72.6 cm³/mol. The van der Waals surface area contributed by atoms with Crippen LogP contribution >= 0.6 is 0 Å². The lowest BCUT2D eigenvalue weighted by molar-refractivity contribution is -0.402. The zero-order valence-corrected chi connectivity index (χ0v) is 11.0. The Hall–Kier alpha value is -3.03. The molecule has 0 saturated heterocycles. The number of anilines is 1. The molecule has 21 heavy (non-hydrogen) atoms. The van der Waals surface area contributed by atoms with Crippen molar-refractivity contribution in [2.45, 2.75) is 6.54 Å². The van der Waals surface area contributed by atoms with Gasteiger partial charge in [0.05, 0.1) is 31.0 Å². The van der Waals surface area contributed by atoms with Crippen molar-refractivity contribution in [3.8, 4) is 5.75 Å². The van der Waals surface area contributed by atoms with E-state index in [1.807, 2.05) is 0 Å². The molecule has 2 rings (SSSR count). The van der Waals surface area contributed by atoms with E-state index in [1.54, 1.807) is 0 Å². The highest BCUT2D eigenvalue weighted by Gasteiger charge is 2.13. The van der Waals surface area contributed by atoms with Crippen molar-refractivity contribution in [2.75, 3.05) is 12.4 Å². The van der Waals surface area contributed by atoms with Crippen LogP contribution in [0.4, 0.5) is 11.6 Å². The molecule has 0 spiro atoms. The summed E-state index contributed by atoms with van der Waals surface area (Å²) in [5.74, 6) is -0.599. The Balaban J connectivity index is 2.15. The summed E-state index contributed by atoms with van der Waals surface area (Å²) >= 11 is 0. The molecule has 0 fully saturated rings. The molecule has 0 aliphatic heterocycles. The topological polar surface area (TPSA) is 115 Å². The molecular formula is C13H12N2O6. The number of nitrogens with one attached hydrogen (secondary N) is 1. The van der Waals surface area contributed by atoms with Gasteiger partial charge in [0, 0.05) is 0 Å². The second kappa shape index (κ2) is 5.95. The second-order valence-corrected chi connectivity index (χ2v) is 4.07. The van der Waals surface area contributed by atoms with E-state index in [-0.39, 0.29) is 18.0 Å². The third-order valence-corrected chi connectivity index (χ3v) is 2.73. The summed E-state index contributed by atoms with van der Waals surface area (Å²) in [5.41, 5.74) is 0.556. The molecule has 1 aromatic carbocycles. The van der Waals surface area contributed by atoms with Crippen LogP contribution in [0.5, 0.6) is 5.75 Å². The molecule has 0 bridgehead atoms. The van der Waals surface area contributed by atoms with E-state index in [0.717, 1.165) is 0 Å². The maximum absolute atomic E-state index is 10.9. The third-order valence-electron chi connectivity index (χ3n) is 2.73. The SMILES string of the molecule is COc1ccc(C(=O)O)cc1NCc1ccc([N+](=O)[O-])o1. The van der Waals surface area contributed by atoms with Crippen molar-refractivity contribution in [1.82, 2.24) is 0 Å². The number of hydrogen-bond acceptors (Lipinski definition) is 6. The number of nitro groups is 1. The number of carboxylic acids is 1. The largest absolute Gasteiger partial charge is 0.495 e. The van der Waals surface area contributed by atoms with E-state index in [1.165, 1.54) is 37.4 Å². The molecule has 0 aliphatic carbocycles. The van der Waals surface area contributed by atoms with Crippen LogP contribution < -0.4 is 10.1 Å². The highest BCUT2D eigenvalue weighted by atomic mass is 16.6. The fourth-order valence-corrected chi connectivity index (χ4v) is 1.72. The van der Waals surface area contributed by atoms with Crippen molar-refractivity contribution < 1.29 is 24.0 Å². The number of aromatic carboxylic acids is 1. The van der Waals surface area contributed by atoms with Crippen molar-refractivity contribution >= 4 is 17.5 Å². The smallest absolute Gasteiger partial charge is 0.433 e. The van der Waals surface area contributed by atoms with E-state index in [4.69, 9.17) is 14.3 Å². The van der Waals surface area contributed by atoms with Gasteiger partial charge in [-0.15, -0.1) is 0 Å². The number of carboxylic acid groups (broad SMARTS) is 1. The average molecular weight is 292 g/mol. The minimum atomic E-state index is -1.06. The molecule has 8 heteroatoms. The van der Waals surface area contributed by atoms with Crippen LogP contribution in [0.15, 0.2) is 34.7 Å². The summed E-state index contributed by atoms with van der Waals surface area (Å²) in [4.78, 5) is 20.8. The molecular weight excluding hydrogens is 280 g/mol. The first kappa shape index (κ1) is 14.4.